The van der Waals surface area contributed by atoms with Gasteiger partial charge in [0.05, 0.1) is 61.0 Å². The molecule has 26 nitrogen and oxygen atoms in total. The zero-order valence-electron chi connectivity index (χ0n) is 55.3. The summed E-state index contributed by atoms with van der Waals surface area (Å²) in [6.07, 6.45) is 3.10. The monoisotopic (exact) mass is 1370 g/mol. The van der Waals surface area contributed by atoms with Crippen LogP contribution in [0.25, 0.3) is 0 Å². The Morgan fingerprint density at radius 2 is 1.12 bits per heavy atom. The fourth-order valence-corrected chi connectivity index (χ4v) is 19.6. The van der Waals surface area contributed by atoms with Crippen molar-refractivity contribution in [2.45, 2.75) is 164 Å². The Kier molecular flexibility index (Phi) is 18.2. The van der Waals surface area contributed by atoms with Gasteiger partial charge >= 0.3 is 23.9 Å². The Balaban J connectivity index is 0.000000175. The van der Waals surface area contributed by atoms with Gasteiger partial charge in [0.25, 0.3) is 0 Å². The molecule has 4 saturated heterocycles. The molecule has 28 heteroatoms. The highest BCUT2D eigenvalue weighted by molar-refractivity contribution is 7.99. The first-order chi connectivity index (χ1) is 46.6. The second-order valence-corrected chi connectivity index (χ2v) is 28.0. The molecule has 512 valence electrons. The number of thioether (sulfide) groups is 2. The minimum Gasteiger partial charge on any atom is -0.504 e. The van der Waals surface area contributed by atoms with Crippen molar-refractivity contribution >= 4 is 59.2 Å². The van der Waals surface area contributed by atoms with Gasteiger partial charge in [-0.15, -0.1) is 30.1 Å². The molecule has 0 radical (unpaired) electrons. The summed E-state index contributed by atoms with van der Waals surface area (Å²) in [4.78, 5) is 83.9. The first-order valence-electron chi connectivity index (χ1n) is 32.3. The molecule has 2 amide bonds. The van der Waals surface area contributed by atoms with Gasteiger partial charge in [0.1, 0.15) is 48.9 Å². The number of amides is 2. The topological polar surface area (TPSA) is 329 Å². The van der Waals surface area contributed by atoms with Gasteiger partial charge in [-0.1, -0.05) is 32.1 Å². The van der Waals surface area contributed by atoms with E-state index in [4.69, 9.17) is 47.4 Å². The number of hydrogen-bond donors (Lipinski definition) is 5. The summed E-state index contributed by atoms with van der Waals surface area (Å²) in [5.41, 5.74) is 8.47. The number of carbonyl (C=O) groups is 6. The van der Waals surface area contributed by atoms with Crippen LogP contribution >= 0.6 is 23.5 Å². The molecule has 0 aliphatic carbocycles. The number of rotatable bonds is 10. The fraction of sp³-hybridized carbons (Fsp3) is 0.507. The number of nitrogens with one attached hydrogen (secondary N) is 3. The van der Waals surface area contributed by atoms with Crippen molar-refractivity contribution in [3.8, 4) is 69.6 Å². The lowest BCUT2D eigenvalue weighted by atomic mass is 9.71. The SMILES string of the molecule is C=CCN1[C@@H]2c3c(cc(C)c(OC)c3O)C[C@H]1[C@H](C#N)N1C2[C@@H]2SCC(NC(=O)CC)C(=O)OC[C@H]1c1c3c(c(C)c(OC(C)=O)c12)OCO3.CCC(=O)NC1CS[C@@H]2c3c(OC(C)=O)c(C)c4c(c3[C@H](COC1=O)N1C2[C@@H]2N[C@@H](Cc3cc(C)c(OC)c(O)c32)[C@@H]1C#N)OCO4. The van der Waals surface area contributed by atoms with E-state index in [2.05, 4.69) is 49.4 Å². The quantitative estimate of drug-likeness (QED) is 0.0645. The number of nitrogens with zero attached hydrogens (tertiary/aromatic N) is 5. The number of fused-ring (bicyclic) bond motifs is 19. The fourth-order valence-electron chi connectivity index (χ4n) is 16.6. The molecule has 4 unspecified atom stereocenters. The van der Waals surface area contributed by atoms with Gasteiger partial charge in [0, 0.05) is 113 Å². The normalized spacial score (nSPS) is 28.2. The number of methoxy groups -OCH3 is 2. The summed E-state index contributed by atoms with van der Waals surface area (Å²) in [5, 5.41) is 53.7. The molecule has 14 atom stereocenters. The van der Waals surface area contributed by atoms with Gasteiger partial charge in [-0.05, 0) is 62.8 Å². The van der Waals surface area contributed by atoms with E-state index in [0.717, 1.165) is 22.3 Å². The molecule has 0 aromatic heterocycles. The summed E-state index contributed by atoms with van der Waals surface area (Å²) < 4.78 is 59.4. The number of aryl methyl sites for hydroxylation is 2. The zero-order chi connectivity index (χ0) is 68.9. The van der Waals surface area contributed by atoms with Crippen molar-refractivity contribution < 1.29 is 86.3 Å². The number of phenolic OH excluding ortho intramolecular Hbond substituents is 2. The highest BCUT2D eigenvalue weighted by Crippen LogP contribution is 2.66. The molecule has 8 bridgehead atoms. The summed E-state index contributed by atoms with van der Waals surface area (Å²) in [6.45, 7) is 17.4. The van der Waals surface area contributed by atoms with Crippen LogP contribution < -0.4 is 53.8 Å². The maximum atomic E-state index is 13.6. The largest absolute Gasteiger partial charge is 0.504 e. The van der Waals surface area contributed by atoms with Crippen LogP contribution in [0.2, 0.25) is 0 Å². The molecule has 4 aromatic rings. The van der Waals surface area contributed by atoms with E-state index in [1.807, 2.05) is 26.0 Å². The maximum Gasteiger partial charge on any atom is 0.329 e. The lowest BCUT2D eigenvalue weighted by Crippen LogP contribution is -2.70. The van der Waals surface area contributed by atoms with Crippen molar-refractivity contribution in [2.24, 2.45) is 0 Å². The summed E-state index contributed by atoms with van der Waals surface area (Å²) in [6, 6.07) is 1.65. The highest BCUT2D eigenvalue weighted by atomic mass is 32.2. The Morgan fingerprint density at radius 1 is 0.660 bits per heavy atom. The summed E-state index contributed by atoms with van der Waals surface area (Å²) in [5.74, 6) is 0.572. The highest BCUT2D eigenvalue weighted by Gasteiger charge is 2.63. The van der Waals surface area contributed by atoms with Gasteiger partial charge in [-0.25, -0.2) is 9.59 Å². The number of nitriles is 2. The maximum absolute atomic E-state index is 13.6. The molecule has 4 aromatic carbocycles. The molecular formula is C69H76N8O18S2. The molecule has 4 fully saturated rings. The van der Waals surface area contributed by atoms with Crippen LogP contribution in [0.3, 0.4) is 0 Å². The van der Waals surface area contributed by atoms with Crippen molar-refractivity contribution in [3.63, 3.8) is 0 Å². The lowest BCUT2D eigenvalue weighted by molar-refractivity contribution is -0.153. The van der Waals surface area contributed by atoms with Crippen molar-refractivity contribution in [3.05, 3.63) is 91.5 Å². The van der Waals surface area contributed by atoms with Gasteiger partial charge in [0.2, 0.25) is 25.4 Å². The zero-order valence-corrected chi connectivity index (χ0v) is 56.9. The van der Waals surface area contributed by atoms with Crippen LogP contribution in [0.4, 0.5) is 0 Å². The number of cyclic esters (lactones) is 1. The average Bonchev–Trinajstić information content (AvgIpc) is 1.38. The number of phenols is 2. The number of carbonyl (C=O) groups excluding carboxylic acids is 6. The lowest BCUT2D eigenvalue weighted by Gasteiger charge is -2.62. The predicted octanol–water partition coefficient (Wildman–Crippen LogP) is 6.47. The minimum absolute atomic E-state index is 0.0218. The molecule has 5 N–H and O–H groups in total. The average molecular weight is 1370 g/mol. The molecule has 11 aliphatic heterocycles. The van der Waals surface area contributed by atoms with Crippen LogP contribution in [-0.2, 0) is 51.1 Å². The van der Waals surface area contributed by atoms with E-state index >= 15 is 0 Å². The smallest absolute Gasteiger partial charge is 0.329 e. The van der Waals surface area contributed by atoms with Gasteiger partial charge < -0.3 is 73.5 Å². The second-order valence-electron chi connectivity index (χ2n) is 25.6. The molecule has 0 spiro atoms. The molecular weight excluding hydrogens is 1290 g/mol. The molecule has 15 rings (SSSR count). The standard InChI is InChI=1S/C36H40N4O9S.C33H36N4O9S/c1-7-9-39-21-11-19-10-16(3)31(45-6)30(43)25(19)28(39)29-35-27-26(34-33(47-15-48-34)17(4)32(27)49-18(5)41)23(40(29)22(21)12-37)13-46-36(44)20(14-50-35)38-24(42)8-2;1-6-21(39)35-18-11-47-32-24-23(31-30(44-12-45-31)14(3)29(24)46-15(4)38)20(10-43-33(18)41)37-19(9-34)17-8-16-7-13(2)28(42-5)27(40)22(16)25(36-17)26(32)37/h7,10,20-23,28-29,35,43H,1,8-9,11,13-15H2,2-6H3,(H,38,42);7,17-20,25-26,32,36,40H,6,8,10-12H2,1-5H3,(H,35,39)/t20?,21-,22-,23-,28+,29?,35+;17-,18?,19-,20-,25+,26?,32+/m00/s1. The van der Waals surface area contributed by atoms with Crippen molar-refractivity contribution in [2.75, 3.05) is 59.1 Å². The molecule has 11 heterocycles. The van der Waals surface area contributed by atoms with Gasteiger partial charge in [-0.3, -0.25) is 33.9 Å². The third kappa shape index (κ3) is 10.8. The Morgan fingerprint density at radius 3 is 1.59 bits per heavy atom. The molecule has 11 aliphatic rings. The first kappa shape index (κ1) is 67.0. The summed E-state index contributed by atoms with van der Waals surface area (Å²) in [7, 11) is 3.04. The van der Waals surface area contributed by atoms with E-state index in [-0.39, 0.29) is 86.5 Å². The van der Waals surface area contributed by atoms with Crippen LogP contribution in [0.15, 0.2) is 24.8 Å². The number of hydrogen-bond acceptors (Lipinski definition) is 26. The van der Waals surface area contributed by atoms with Crippen LogP contribution in [0.1, 0.15) is 142 Å². The Labute approximate surface area is 568 Å². The predicted molar refractivity (Wildman–Crippen MR) is 349 cm³/mol. The van der Waals surface area contributed by atoms with E-state index in [9.17, 15) is 49.5 Å². The van der Waals surface area contributed by atoms with E-state index < -0.39 is 94.8 Å². The number of piperazine rings is 2. The number of benzene rings is 4. The number of ether oxygens (including phenoxy) is 10. The second kappa shape index (κ2) is 26.3. The van der Waals surface area contributed by atoms with E-state index in [1.54, 1.807) is 33.8 Å². The summed E-state index contributed by atoms with van der Waals surface area (Å²) >= 11 is 2.79. The van der Waals surface area contributed by atoms with Crippen molar-refractivity contribution in [1.29, 1.82) is 10.5 Å². The first-order valence-corrected chi connectivity index (χ1v) is 34.4. The third-order valence-corrected chi connectivity index (χ3v) is 23.1. The molecule has 97 heavy (non-hydrogen) atoms. The van der Waals surface area contributed by atoms with Gasteiger partial charge in [-0.2, -0.15) is 10.5 Å². The van der Waals surface area contributed by atoms with Crippen molar-refractivity contribution in [1.82, 2.24) is 30.7 Å². The van der Waals surface area contributed by atoms with Crippen LogP contribution in [0, 0.1) is 50.4 Å². The van der Waals surface area contributed by atoms with E-state index in [1.165, 1.54) is 51.6 Å². The van der Waals surface area contributed by atoms with Crippen LogP contribution in [0.5, 0.6) is 57.5 Å². The molecule has 0 saturated carbocycles. The number of aromatic hydroxyl groups is 2. The number of esters is 4. The Hall–Kier alpha value is -8.64. The Bertz CT molecular complexity index is 4100. The minimum atomic E-state index is -0.960. The third-order valence-electron chi connectivity index (χ3n) is 20.3. The van der Waals surface area contributed by atoms with E-state index in [0.29, 0.717) is 110 Å². The van der Waals surface area contributed by atoms with Gasteiger partial charge in [0.15, 0.2) is 46.0 Å². The van der Waals surface area contributed by atoms with Crippen LogP contribution in [-0.4, -0.2) is 168 Å².